The van der Waals surface area contributed by atoms with Crippen molar-refractivity contribution in [3.8, 4) is 28.3 Å². The molecule has 4 aromatic rings. The second-order valence-corrected chi connectivity index (χ2v) is 9.06. The predicted molar refractivity (Wildman–Crippen MR) is 145 cm³/mol. The first-order valence-electron chi connectivity index (χ1n) is 12.0. The Morgan fingerprint density at radius 3 is 2.55 bits per heavy atom. The van der Waals surface area contributed by atoms with Crippen molar-refractivity contribution in [2.24, 2.45) is 10.2 Å². The van der Waals surface area contributed by atoms with Crippen molar-refractivity contribution in [1.29, 1.82) is 0 Å². The van der Waals surface area contributed by atoms with Crippen LogP contribution in [0.3, 0.4) is 0 Å². The number of tetrazole rings is 1. The van der Waals surface area contributed by atoms with Gasteiger partial charge in [0.15, 0.2) is 5.82 Å². The number of aromatic amines is 1. The van der Waals surface area contributed by atoms with Gasteiger partial charge in [-0.25, -0.2) is 5.10 Å². The van der Waals surface area contributed by atoms with Crippen LogP contribution in [0.4, 0.5) is 11.4 Å². The van der Waals surface area contributed by atoms with Gasteiger partial charge < -0.3 is 9.84 Å². The minimum Gasteiger partial charge on any atom is -0.505 e. The van der Waals surface area contributed by atoms with Crippen LogP contribution in [-0.4, -0.2) is 49.4 Å². The first-order valence-corrected chi connectivity index (χ1v) is 12.0. The molecule has 1 aliphatic heterocycles. The Bertz CT molecular complexity index is 1560. The molecule has 0 spiro atoms. The van der Waals surface area contributed by atoms with Gasteiger partial charge in [0, 0.05) is 11.1 Å². The summed E-state index contributed by atoms with van der Waals surface area (Å²) in [7, 11) is 0. The fraction of sp³-hybridized carbons (Fsp3) is 0.185. The van der Waals surface area contributed by atoms with E-state index in [-0.39, 0.29) is 23.5 Å². The molecule has 1 aromatic heterocycles. The highest BCUT2D eigenvalue weighted by Gasteiger charge is 2.35. The molecule has 3 aromatic carbocycles. The molecule has 0 atom stereocenters. The summed E-state index contributed by atoms with van der Waals surface area (Å²) in [6.07, 6.45) is -0.227. The number of nitrogens with one attached hydrogen (secondary N) is 2. The first-order chi connectivity index (χ1) is 18.3. The van der Waals surface area contributed by atoms with Crippen molar-refractivity contribution in [3.05, 3.63) is 71.8 Å². The second-order valence-electron chi connectivity index (χ2n) is 9.06. The molecule has 0 radical (unpaired) electrons. The summed E-state index contributed by atoms with van der Waals surface area (Å²) in [4.78, 5) is 13.3. The van der Waals surface area contributed by atoms with Crippen molar-refractivity contribution in [1.82, 2.24) is 20.6 Å². The number of aryl methyl sites for hydroxylation is 2. The van der Waals surface area contributed by atoms with Gasteiger partial charge in [0.25, 0.3) is 5.90 Å². The third kappa shape index (κ3) is 4.81. The average molecular weight is 511 g/mol. The number of rotatable bonds is 6. The Hall–Kier alpha value is -5.06. The zero-order valence-corrected chi connectivity index (χ0v) is 21.3. The number of aromatic hydroxyl groups is 1. The number of carbonyl (C=O) groups excluding carboxylic acids is 1. The van der Waals surface area contributed by atoms with E-state index in [4.69, 9.17) is 4.74 Å². The van der Waals surface area contributed by atoms with Crippen molar-refractivity contribution in [2.45, 2.75) is 33.8 Å². The van der Waals surface area contributed by atoms with E-state index in [1.54, 1.807) is 18.2 Å². The number of aromatic nitrogens is 4. The number of para-hydroxylation sites is 1. The van der Waals surface area contributed by atoms with Crippen LogP contribution in [0.1, 0.15) is 25.0 Å². The van der Waals surface area contributed by atoms with Crippen LogP contribution < -0.4 is 10.4 Å². The van der Waals surface area contributed by atoms with E-state index in [9.17, 15) is 9.90 Å². The van der Waals surface area contributed by atoms with Crippen LogP contribution in [0, 0.1) is 13.8 Å². The number of anilines is 2. The third-order valence-corrected chi connectivity index (χ3v) is 5.99. The van der Waals surface area contributed by atoms with Gasteiger partial charge in [-0.2, -0.15) is 10.1 Å². The minimum absolute atomic E-state index is 0.00143. The van der Waals surface area contributed by atoms with Gasteiger partial charge in [-0.05, 0) is 79.1 Å². The Labute approximate surface area is 218 Å². The smallest absolute Gasteiger partial charge is 0.304 e. The number of hydrogen-bond donors (Lipinski definition) is 3. The number of carbonyl (C=O) groups is 1. The molecule has 0 saturated carbocycles. The number of H-pyrrole nitrogens is 1. The average Bonchev–Trinajstić information content (AvgIpc) is 3.54. The van der Waals surface area contributed by atoms with E-state index in [0.29, 0.717) is 22.8 Å². The molecular formula is C27H26N8O3. The Morgan fingerprint density at radius 2 is 1.82 bits per heavy atom. The van der Waals surface area contributed by atoms with Crippen molar-refractivity contribution >= 4 is 28.9 Å². The minimum atomic E-state index is -0.444. The maximum Gasteiger partial charge on any atom is 0.304 e. The lowest BCUT2D eigenvalue weighted by Gasteiger charge is -2.13. The number of ether oxygens (including phenoxy) is 1. The predicted octanol–water partition coefficient (Wildman–Crippen LogP) is 4.41. The fourth-order valence-electron chi connectivity index (χ4n) is 3.90. The lowest BCUT2D eigenvalue weighted by Crippen LogP contribution is -2.30. The zero-order valence-electron chi connectivity index (χ0n) is 21.3. The van der Waals surface area contributed by atoms with Crippen molar-refractivity contribution < 1.29 is 14.6 Å². The van der Waals surface area contributed by atoms with Crippen LogP contribution in [0.2, 0.25) is 0 Å². The molecule has 38 heavy (non-hydrogen) atoms. The van der Waals surface area contributed by atoms with Gasteiger partial charge in [-0.15, -0.1) is 10.2 Å². The van der Waals surface area contributed by atoms with Gasteiger partial charge in [-0.3, -0.25) is 10.2 Å². The fourth-order valence-corrected chi connectivity index (χ4v) is 3.90. The monoisotopic (exact) mass is 510 g/mol. The summed E-state index contributed by atoms with van der Waals surface area (Å²) in [6.45, 7) is 7.66. The van der Waals surface area contributed by atoms with Crippen LogP contribution in [0.15, 0.2) is 70.9 Å². The molecule has 11 heteroatoms. The highest BCUT2D eigenvalue weighted by molar-refractivity contribution is 6.70. The van der Waals surface area contributed by atoms with E-state index >= 15 is 0 Å². The number of amides is 1. The first kappa shape index (κ1) is 24.6. The largest absolute Gasteiger partial charge is 0.505 e. The van der Waals surface area contributed by atoms with Crippen LogP contribution in [-0.2, 0) is 9.53 Å². The standard InChI is InChI=1S/C27H26N8O3/c1-15(2)38-26-23(27(37)35(32-26)20-12-11-16(3)17(4)13-20)29-28-22-10-6-9-21(24(22)36)18-7-5-8-19(14-18)25-30-33-34-31-25/h5-15,28,36H,1-4H3,(H,30,31,33,34)/b29-23-. The summed E-state index contributed by atoms with van der Waals surface area (Å²) >= 11 is 0. The SMILES string of the molecule is Cc1ccc(N2N=C(OC(C)C)/C(=N/Nc3cccc(-c4cccc(-c5nnn[nH]5)c4)c3O)C2=O)cc1C. The van der Waals surface area contributed by atoms with E-state index in [0.717, 1.165) is 22.3 Å². The number of nitrogens with zero attached hydrogens (tertiary/aromatic N) is 6. The maximum atomic E-state index is 13.3. The lowest BCUT2D eigenvalue weighted by atomic mass is 10.0. The number of benzene rings is 3. The highest BCUT2D eigenvalue weighted by Crippen LogP contribution is 2.36. The van der Waals surface area contributed by atoms with E-state index in [2.05, 4.69) is 36.3 Å². The zero-order chi connectivity index (χ0) is 26.8. The molecule has 11 nitrogen and oxygen atoms in total. The maximum absolute atomic E-state index is 13.3. The Kier molecular flexibility index (Phi) is 6.56. The summed E-state index contributed by atoms with van der Waals surface area (Å²) in [6, 6.07) is 18.3. The molecule has 1 aliphatic rings. The number of phenolic OH excluding ortho intramolecular Hbond substituents is 1. The lowest BCUT2D eigenvalue weighted by molar-refractivity contribution is -0.112. The van der Waals surface area contributed by atoms with E-state index in [1.807, 2.05) is 70.2 Å². The summed E-state index contributed by atoms with van der Waals surface area (Å²) in [5.74, 6) is 0.127. The molecule has 192 valence electrons. The van der Waals surface area contributed by atoms with Crippen molar-refractivity contribution in [2.75, 3.05) is 10.4 Å². The van der Waals surface area contributed by atoms with Crippen molar-refractivity contribution in [3.63, 3.8) is 0 Å². The molecule has 2 heterocycles. The van der Waals surface area contributed by atoms with Gasteiger partial charge >= 0.3 is 5.91 Å². The van der Waals surface area contributed by atoms with Crippen LogP contribution in [0.5, 0.6) is 5.75 Å². The topological polar surface area (TPSA) is 141 Å². The Balaban J connectivity index is 1.45. The molecule has 0 unspecified atom stereocenters. The molecule has 5 rings (SSSR count). The quantitative estimate of drug-likeness (QED) is 0.258. The summed E-state index contributed by atoms with van der Waals surface area (Å²) in [5.41, 5.74) is 7.96. The van der Waals surface area contributed by atoms with E-state index in [1.165, 1.54) is 5.01 Å². The third-order valence-electron chi connectivity index (χ3n) is 5.99. The number of phenols is 1. The van der Waals surface area contributed by atoms with E-state index < -0.39 is 5.91 Å². The Morgan fingerprint density at radius 1 is 1.03 bits per heavy atom. The van der Waals surface area contributed by atoms with Gasteiger partial charge in [0.05, 0.1) is 17.5 Å². The molecule has 0 saturated heterocycles. The molecule has 0 aliphatic carbocycles. The molecule has 3 N–H and O–H groups in total. The second kappa shape index (κ2) is 10.1. The normalized spacial score (nSPS) is 14.3. The highest BCUT2D eigenvalue weighted by atomic mass is 16.5. The van der Waals surface area contributed by atoms with Gasteiger partial charge in [-0.1, -0.05) is 36.4 Å². The van der Waals surface area contributed by atoms with Gasteiger partial charge in [0.2, 0.25) is 5.71 Å². The molecule has 1 amide bonds. The molecular weight excluding hydrogens is 484 g/mol. The number of hydrogen-bond acceptors (Lipinski definition) is 9. The summed E-state index contributed by atoms with van der Waals surface area (Å²) in [5, 5.41) is 34.9. The number of hydrazone groups is 2. The molecule has 0 fully saturated rings. The van der Waals surface area contributed by atoms with Crippen LogP contribution >= 0.6 is 0 Å². The van der Waals surface area contributed by atoms with Gasteiger partial charge in [0.1, 0.15) is 5.75 Å². The molecule has 0 bridgehead atoms. The van der Waals surface area contributed by atoms with Crippen LogP contribution in [0.25, 0.3) is 22.5 Å². The summed E-state index contributed by atoms with van der Waals surface area (Å²) < 4.78 is 5.80.